The maximum atomic E-state index is 12.2. The minimum Gasteiger partial charge on any atom is -0.465 e. The van der Waals surface area contributed by atoms with E-state index < -0.39 is 0 Å². The van der Waals surface area contributed by atoms with Crippen LogP contribution in [0.25, 0.3) is 6.08 Å². The van der Waals surface area contributed by atoms with Gasteiger partial charge in [0.2, 0.25) is 0 Å². The fraction of sp³-hybridized carbons (Fsp3) is 0.227. The fourth-order valence-corrected chi connectivity index (χ4v) is 2.61. The number of hydrogen-bond acceptors (Lipinski definition) is 3. The number of hydrogen-bond donors (Lipinski definition) is 0. The Bertz CT molecular complexity index is 774. The maximum Gasteiger partial charge on any atom is 0.199 e. The lowest BCUT2D eigenvalue weighted by molar-refractivity contribution is -0.105. The average molecular weight is 332 g/mol. The van der Waals surface area contributed by atoms with Crippen LogP contribution in [-0.4, -0.2) is 18.7 Å². The van der Waals surface area contributed by atoms with Crippen molar-refractivity contribution in [1.29, 1.82) is 0 Å². The van der Waals surface area contributed by atoms with E-state index in [0.717, 1.165) is 42.7 Å². The molecule has 0 aliphatic carbocycles. The van der Waals surface area contributed by atoms with Crippen molar-refractivity contribution < 1.29 is 14.3 Å². The molecule has 2 aromatic rings. The number of terminal acetylenes is 1. The third-order valence-corrected chi connectivity index (χ3v) is 4.05. The first kappa shape index (κ1) is 17.0. The van der Waals surface area contributed by atoms with Gasteiger partial charge in [-0.25, -0.2) is 0 Å². The second-order valence-electron chi connectivity index (χ2n) is 5.90. The molecule has 1 aliphatic rings. The molecule has 1 atom stereocenters. The number of carbonyl (C=O) groups is 1. The quantitative estimate of drug-likeness (QED) is 0.460. The second kappa shape index (κ2) is 8.32. The Balaban J connectivity index is 1.59. The summed E-state index contributed by atoms with van der Waals surface area (Å²) in [6.45, 7) is 0.760. The molecule has 3 nitrogen and oxygen atoms in total. The predicted molar refractivity (Wildman–Crippen MR) is 98.4 cm³/mol. The third kappa shape index (κ3) is 4.82. The van der Waals surface area contributed by atoms with Gasteiger partial charge in [0.1, 0.15) is 5.75 Å². The third-order valence-electron chi connectivity index (χ3n) is 4.05. The number of ether oxygens (including phenoxy) is 2. The summed E-state index contributed by atoms with van der Waals surface area (Å²) in [6, 6.07) is 14.6. The Labute approximate surface area is 148 Å². The van der Waals surface area contributed by atoms with Gasteiger partial charge in [0.15, 0.2) is 12.1 Å². The van der Waals surface area contributed by atoms with Crippen LogP contribution in [0, 0.1) is 12.3 Å². The molecular formula is C22H20O3. The number of allylic oxidation sites excluding steroid dienone is 1. The van der Waals surface area contributed by atoms with Gasteiger partial charge in [0.25, 0.3) is 0 Å². The SMILES string of the molecule is C#Cc1ccc(C(=O)/C=C/c2ccc(OC3CCCCO3)cc2)cc1. The van der Waals surface area contributed by atoms with E-state index in [-0.39, 0.29) is 12.1 Å². The van der Waals surface area contributed by atoms with Crippen LogP contribution in [0.2, 0.25) is 0 Å². The lowest BCUT2D eigenvalue weighted by atomic mass is 10.1. The molecule has 0 N–H and O–H groups in total. The van der Waals surface area contributed by atoms with Gasteiger partial charge >= 0.3 is 0 Å². The fourth-order valence-electron chi connectivity index (χ4n) is 2.61. The second-order valence-corrected chi connectivity index (χ2v) is 5.90. The first-order chi connectivity index (χ1) is 12.2. The topological polar surface area (TPSA) is 35.5 Å². The molecule has 25 heavy (non-hydrogen) atoms. The van der Waals surface area contributed by atoms with Crippen molar-refractivity contribution in [2.45, 2.75) is 25.6 Å². The van der Waals surface area contributed by atoms with Gasteiger partial charge in [0, 0.05) is 17.5 Å². The van der Waals surface area contributed by atoms with Crippen molar-refractivity contribution in [1.82, 2.24) is 0 Å². The van der Waals surface area contributed by atoms with Crippen LogP contribution < -0.4 is 4.74 Å². The van der Waals surface area contributed by atoms with Crippen LogP contribution >= 0.6 is 0 Å². The highest BCUT2D eigenvalue weighted by Crippen LogP contribution is 2.20. The average Bonchev–Trinajstić information content (AvgIpc) is 2.68. The van der Waals surface area contributed by atoms with Crippen molar-refractivity contribution in [3.8, 4) is 18.1 Å². The number of carbonyl (C=O) groups excluding carboxylic acids is 1. The zero-order valence-corrected chi connectivity index (χ0v) is 14.0. The molecule has 1 fully saturated rings. The maximum absolute atomic E-state index is 12.2. The highest BCUT2D eigenvalue weighted by Gasteiger charge is 2.14. The van der Waals surface area contributed by atoms with Crippen LogP contribution in [0.4, 0.5) is 0 Å². The summed E-state index contributed by atoms with van der Waals surface area (Å²) in [5, 5.41) is 0. The highest BCUT2D eigenvalue weighted by atomic mass is 16.7. The predicted octanol–water partition coefficient (Wildman–Crippen LogP) is 4.47. The lowest BCUT2D eigenvalue weighted by Gasteiger charge is -2.23. The minimum absolute atomic E-state index is 0.0560. The Morgan fingerprint density at radius 3 is 2.52 bits per heavy atom. The normalized spacial score (nSPS) is 17.2. The number of benzene rings is 2. The Morgan fingerprint density at radius 2 is 1.88 bits per heavy atom. The molecular weight excluding hydrogens is 312 g/mol. The lowest BCUT2D eigenvalue weighted by Crippen LogP contribution is -2.24. The highest BCUT2D eigenvalue weighted by molar-refractivity contribution is 6.06. The molecule has 1 heterocycles. The molecule has 0 bridgehead atoms. The summed E-state index contributed by atoms with van der Waals surface area (Å²) >= 11 is 0. The van der Waals surface area contributed by atoms with Crippen LogP contribution in [0.3, 0.4) is 0 Å². The van der Waals surface area contributed by atoms with Gasteiger partial charge in [-0.2, -0.15) is 0 Å². The molecule has 3 rings (SSSR count). The molecule has 1 aliphatic heterocycles. The van der Waals surface area contributed by atoms with Crippen LogP contribution in [-0.2, 0) is 4.74 Å². The first-order valence-corrected chi connectivity index (χ1v) is 8.42. The smallest absolute Gasteiger partial charge is 0.199 e. The molecule has 0 aromatic heterocycles. The van der Waals surface area contributed by atoms with E-state index in [1.807, 2.05) is 24.3 Å². The van der Waals surface area contributed by atoms with Crippen LogP contribution in [0.15, 0.2) is 54.6 Å². The van der Waals surface area contributed by atoms with E-state index in [1.54, 1.807) is 36.4 Å². The molecule has 0 spiro atoms. The molecule has 2 aromatic carbocycles. The first-order valence-electron chi connectivity index (χ1n) is 8.42. The summed E-state index contributed by atoms with van der Waals surface area (Å²) in [7, 11) is 0. The Hall–Kier alpha value is -2.83. The van der Waals surface area contributed by atoms with Crippen molar-refractivity contribution in [2.75, 3.05) is 6.61 Å². The molecule has 1 saturated heterocycles. The Kier molecular flexibility index (Phi) is 5.66. The standard InChI is InChI=1S/C22H20O3/c1-2-17-6-11-19(12-7-17)21(23)15-10-18-8-13-20(14-9-18)25-22-5-3-4-16-24-22/h1,6-15,22H,3-5,16H2/b15-10+. The van der Waals surface area contributed by atoms with Crippen LogP contribution in [0.5, 0.6) is 5.75 Å². The van der Waals surface area contributed by atoms with E-state index in [0.29, 0.717) is 5.56 Å². The number of ketones is 1. The summed E-state index contributed by atoms with van der Waals surface area (Å²) in [4.78, 5) is 12.2. The zero-order valence-electron chi connectivity index (χ0n) is 14.0. The van der Waals surface area contributed by atoms with Gasteiger partial charge in [-0.3, -0.25) is 4.79 Å². The van der Waals surface area contributed by atoms with Crippen molar-refractivity contribution >= 4 is 11.9 Å². The van der Waals surface area contributed by atoms with Crippen molar-refractivity contribution in [3.05, 3.63) is 71.3 Å². The molecule has 3 heteroatoms. The van der Waals surface area contributed by atoms with Gasteiger partial charge in [-0.05, 0) is 60.9 Å². The number of rotatable bonds is 5. The molecule has 0 radical (unpaired) electrons. The van der Waals surface area contributed by atoms with E-state index in [4.69, 9.17) is 15.9 Å². The van der Waals surface area contributed by atoms with E-state index in [2.05, 4.69) is 5.92 Å². The summed E-state index contributed by atoms with van der Waals surface area (Å²) in [5.74, 6) is 3.26. The molecule has 0 amide bonds. The Morgan fingerprint density at radius 1 is 1.12 bits per heavy atom. The van der Waals surface area contributed by atoms with E-state index in [9.17, 15) is 4.79 Å². The summed E-state index contributed by atoms with van der Waals surface area (Å²) in [5.41, 5.74) is 2.31. The van der Waals surface area contributed by atoms with Crippen molar-refractivity contribution in [2.24, 2.45) is 0 Å². The molecule has 1 unspecified atom stereocenters. The van der Waals surface area contributed by atoms with Gasteiger partial charge < -0.3 is 9.47 Å². The summed E-state index contributed by atoms with van der Waals surface area (Å²) < 4.78 is 11.4. The minimum atomic E-state index is -0.150. The summed E-state index contributed by atoms with van der Waals surface area (Å²) in [6.07, 6.45) is 11.7. The van der Waals surface area contributed by atoms with Crippen molar-refractivity contribution in [3.63, 3.8) is 0 Å². The molecule has 126 valence electrons. The zero-order chi connectivity index (χ0) is 17.5. The van der Waals surface area contributed by atoms with Gasteiger partial charge in [0.05, 0.1) is 6.61 Å². The monoisotopic (exact) mass is 332 g/mol. The van der Waals surface area contributed by atoms with Gasteiger partial charge in [-0.1, -0.05) is 24.1 Å². The van der Waals surface area contributed by atoms with E-state index >= 15 is 0 Å². The van der Waals surface area contributed by atoms with E-state index in [1.165, 1.54) is 0 Å². The largest absolute Gasteiger partial charge is 0.465 e. The van der Waals surface area contributed by atoms with Gasteiger partial charge in [-0.15, -0.1) is 6.42 Å². The molecule has 0 saturated carbocycles. The van der Waals surface area contributed by atoms with Crippen LogP contribution in [0.1, 0.15) is 40.7 Å².